The van der Waals surface area contributed by atoms with Crippen molar-refractivity contribution in [3.8, 4) is 0 Å². The number of esters is 2. The van der Waals surface area contributed by atoms with Crippen LogP contribution < -0.4 is 10.2 Å². The number of hydrogen-bond donors (Lipinski definition) is 1. The van der Waals surface area contributed by atoms with Gasteiger partial charge in [-0.1, -0.05) is 23.2 Å². The Kier molecular flexibility index (Phi) is 7.94. The van der Waals surface area contributed by atoms with Gasteiger partial charge in [-0.15, -0.1) is 0 Å². The summed E-state index contributed by atoms with van der Waals surface area (Å²) in [4.78, 5) is 50.3. The van der Waals surface area contributed by atoms with Crippen LogP contribution in [0.2, 0.25) is 10.0 Å². The molecule has 1 saturated heterocycles. The van der Waals surface area contributed by atoms with E-state index >= 15 is 0 Å². The Morgan fingerprint density at radius 1 is 1.12 bits per heavy atom. The van der Waals surface area contributed by atoms with Gasteiger partial charge in [0.25, 0.3) is 5.91 Å². The molecule has 1 heterocycles. The maximum atomic E-state index is 12.4. The van der Waals surface area contributed by atoms with Crippen LogP contribution >= 0.6 is 23.2 Å². The van der Waals surface area contributed by atoms with Gasteiger partial charge < -0.3 is 19.7 Å². The minimum atomic E-state index is -0.713. The van der Waals surface area contributed by atoms with E-state index in [0.29, 0.717) is 22.0 Å². The Hall–Kier alpha value is -3.10. The number of nitrogens with zero attached hydrogens (tertiary/aromatic N) is 1. The van der Waals surface area contributed by atoms with Crippen LogP contribution in [0.4, 0.5) is 11.4 Å². The SMILES string of the molecule is CC(C)OC(=O)c1ccc(N2C[C@@H](C(=O)OCC(=O)Nc3ccc(Cl)cc3Cl)CC2=O)cc1. The predicted octanol–water partition coefficient (Wildman–Crippen LogP) is 4.09. The molecule has 2 amide bonds. The zero-order chi connectivity index (χ0) is 24.1. The fourth-order valence-electron chi connectivity index (χ4n) is 3.21. The summed E-state index contributed by atoms with van der Waals surface area (Å²) >= 11 is 11.8. The van der Waals surface area contributed by atoms with Gasteiger partial charge in [0, 0.05) is 23.7 Å². The second-order valence-electron chi connectivity index (χ2n) is 7.69. The van der Waals surface area contributed by atoms with Crippen molar-refractivity contribution in [1.29, 1.82) is 0 Å². The van der Waals surface area contributed by atoms with Crippen molar-refractivity contribution in [2.45, 2.75) is 26.4 Å². The molecule has 10 heteroatoms. The standard InChI is InChI=1S/C23H22Cl2N2O6/c1-13(2)33-23(31)14-3-6-17(7-4-14)27-11-15(9-21(27)29)22(30)32-12-20(28)26-19-8-5-16(24)10-18(19)25/h3-8,10,13,15H,9,11-12H2,1-2H3,(H,26,28)/t15-/m0/s1. The molecule has 0 aromatic heterocycles. The molecule has 0 aliphatic carbocycles. The third-order valence-corrected chi connectivity index (χ3v) is 5.31. The van der Waals surface area contributed by atoms with Crippen LogP contribution in [-0.4, -0.2) is 43.0 Å². The molecular weight excluding hydrogens is 471 g/mol. The lowest BCUT2D eigenvalue weighted by molar-refractivity contribution is -0.151. The first-order chi connectivity index (χ1) is 15.6. The molecule has 0 radical (unpaired) electrons. The summed E-state index contributed by atoms with van der Waals surface area (Å²) in [5, 5.41) is 3.20. The molecule has 8 nitrogen and oxygen atoms in total. The minimum absolute atomic E-state index is 0.0411. The number of halogens is 2. The van der Waals surface area contributed by atoms with Gasteiger partial charge in [-0.2, -0.15) is 0 Å². The summed E-state index contributed by atoms with van der Waals surface area (Å²) in [5.41, 5.74) is 1.25. The number of hydrogen-bond acceptors (Lipinski definition) is 6. The Morgan fingerprint density at radius 2 is 1.82 bits per heavy atom. The van der Waals surface area contributed by atoms with E-state index in [1.54, 1.807) is 44.2 Å². The lowest BCUT2D eigenvalue weighted by Crippen LogP contribution is -2.28. The van der Waals surface area contributed by atoms with Crippen molar-refractivity contribution in [1.82, 2.24) is 0 Å². The summed E-state index contributed by atoms with van der Waals surface area (Å²) in [5.74, 6) is -2.65. The van der Waals surface area contributed by atoms with Gasteiger partial charge in [-0.25, -0.2) is 4.79 Å². The number of nitrogens with one attached hydrogen (secondary N) is 1. The summed E-state index contributed by atoms with van der Waals surface area (Å²) in [6, 6.07) is 10.9. The lowest BCUT2D eigenvalue weighted by atomic mass is 10.1. The first-order valence-electron chi connectivity index (χ1n) is 10.2. The first kappa shape index (κ1) is 24.5. The summed E-state index contributed by atoms with van der Waals surface area (Å²) in [6.45, 7) is 3.10. The maximum Gasteiger partial charge on any atom is 0.338 e. The molecule has 0 unspecified atom stereocenters. The van der Waals surface area contributed by atoms with Crippen LogP contribution in [0.3, 0.4) is 0 Å². The van der Waals surface area contributed by atoms with E-state index in [1.165, 1.54) is 17.0 Å². The van der Waals surface area contributed by atoms with E-state index in [-0.39, 0.29) is 30.0 Å². The highest BCUT2D eigenvalue weighted by atomic mass is 35.5. The van der Waals surface area contributed by atoms with Crippen LogP contribution in [-0.2, 0) is 23.9 Å². The molecule has 0 bridgehead atoms. The normalized spacial score (nSPS) is 15.5. The highest BCUT2D eigenvalue weighted by Crippen LogP contribution is 2.27. The summed E-state index contributed by atoms with van der Waals surface area (Å²) in [7, 11) is 0. The average molecular weight is 493 g/mol. The lowest BCUT2D eigenvalue weighted by Gasteiger charge is -2.17. The largest absolute Gasteiger partial charge is 0.459 e. The van der Waals surface area contributed by atoms with Gasteiger partial charge in [-0.05, 0) is 56.3 Å². The van der Waals surface area contributed by atoms with E-state index < -0.39 is 30.4 Å². The second kappa shape index (κ2) is 10.7. The van der Waals surface area contributed by atoms with Crippen molar-refractivity contribution in [2.75, 3.05) is 23.4 Å². The van der Waals surface area contributed by atoms with Crippen molar-refractivity contribution in [3.63, 3.8) is 0 Å². The van der Waals surface area contributed by atoms with Crippen molar-refractivity contribution >= 4 is 58.3 Å². The monoisotopic (exact) mass is 492 g/mol. The molecule has 174 valence electrons. The molecule has 2 aromatic carbocycles. The molecule has 1 N–H and O–H groups in total. The summed E-state index contributed by atoms with van der Waals surface area (Å²) < 4.78 is 10.2. The molecule has 1 atom stereocenters. The second-order valence-corrected chi connectivity index (χ2v) is 8.53. The third-order valence-electron chi connectivity index (χ3n) is 4.77. The molecule has 1 fully saturated rings. The molecule has 3 rings (SSSR count). The van der Waals surface area contributed by atoms with Crippen molar-refractivity contribution in [3.05, 3.63) is 58.1 Å². The number of rotatable bonds is 7. The van der Waals surface area contributed by atoms with E-state index in [2.05, 4.69) is 5.32 Å². The summed E-state index contributed by atoms with van der Waals surface area (Å²) in [6.07, 6.45) is -0.282. The fourth-order valence-corrected chi connectivity index (χ4v) is 3.66. The van der Waals surface area contributed by atoms with Crippen LogP contribution in [0.1, 0.15) is 30.6 Å². The fraction of sp³-hybridized carbons (Fsp3) is 0.304. The molecule has 33 heavy (non-hydrogen) atoms. The molecule has 1 aliphatic heterocycles. The van der Waals surface area contributed by atoms with Gasteiger partial charge in [0.05, 0.1) is 28.3 Å². The molecule has 0 spiro atoms. The smallest absolute Gasteiger partial charge is 0.338 e. The molecule has 1 aliphatic rings. The Balaban J connectivity index is 1.53. The van der Waals surface area contributed by atoms with E-state index in [9.17, 15) is 19.2 Å². The number of amides is 2. The average Bonchev–Trinajstić information content (AvgIpc) is 3.15. The van der Waals surface area contributed by atoms with Crippen LogP contribution in [0.25, 0.3) is 0 Å². The zero-order valence-corrected chi connectivity index (χ0v) is 19.5. The van der Waals surface area contributed by atoms with Crippen LogP contribution in [0.15, 0.2) is 42.5 Å². The molecule has 0 saturated carbocycles. The third kappa shape index (κ3) is 6.46. The van der Waals surface area contributed by atoms with E-state index in [1.807, 2.05) is 0 Å². The first-order valence-corrected chi connectivity index (χ1v) is 10.9. The highest BCUT2D eigenvalue weighted by molar-refractivity contribution is 6.36. The zero-order valence-electron chi connectivity index (χ0n) is 18.0. The Morgan fingerprint density at radius 3 is 2.45 bits per heavy atom. The minimum Gasteiger partial charge on any atom is -0.459 e. The van der Waals surface area contributed by atoms with Crippen molar-refractivity contribution < 1.29 is 28.7 Å². The number of ether oxygens (including phenoxy) is 2. The predicted molar refractivity (Wildman–Crippen MR) is 124 cm³/mol. The Labute approximate surface area is 200 Å². The van der Waals surface area contributed by atoms with E-state index in [0.717, 1.165) is 0 Å². The molecular formula is C23H22Cl2N2O6. The van der Waals surface area contributed by atoms with Crippen molar-refractivity contribution in [2.24, 2.45) is 5.92 Å². The number of anilines is 2. The van der Waals surface area contributed by atoms with E-state index in [4.69, 9.17) is 32.7 Å². The number of benzene rings is 2. The number of carbonyl (C=O) groups excluding carboxylic acids is 4. The van der Waals surface area contributed by atoms with Crippen LogP contribution in [0.5, 0.6) is 0 Å². The van der Waals surface area contributed by atoms with Gasteiger partial charge >= 0.3 is 11.9 Å². The Bertz CT molecular complexity index is 1070. The highest BCUT2D eigenvalue weighted by Gasteiger charge is 2.36. The van der Waals surface area contributed by atoms with Gasteiger partial charge in [-0.3, -0.25) is 14.4 Å². The quantitative estimate of drug-likeness (QED) is 0.583. The topological polar surface area (TPSA) is 102 Å². The van der Waals surface area contributed by atoms with Gasteiger partial charge in [0.15, 0.2) is 6.61 Å². The number of carbonyl (C=O) groups is 4. The van der Waals surface area contributed by atoms with Gasteiger partial charge in [0.1, 0.15) is 0 Å². The maximum absolute atomic E-state index is 12.4. The molecule has 2 aromatic rings. The van der Waals surface area contributed by atoms with Gasteiger partial charge in [0.2, 0.25) is 5.91 Å². The van der Waals surface area contributed by atoms with Crippen LogP contribution in [0, 0.1) is 5.92 Å².